The number of aromatic nitrogens is 4. The summed E-state index contributed by atoms with van der Waals surface area (Å²) in [6.07, 6.45) is 1.62. The fourth-order valence-corrected chi connectivity index (χ4v) is 4.29. The number of aromatic amines is 1. The predicted octanol–water partition coefficient (Wildman–Crippen LogP) is 3.35. The Morgan fingerprint density at radius 3 is 2.53 bits per heavy atom. The molecule has 0 bridgehead atoms. The number of rotatable bonds is 5. The fourth-order valence-electron chi connectivity index (χ4n) is 2.96. The van der Waals surface area contributed by atoms with Crippen molar-refractivity contribution >= 4 is 32.6 Å². The summed E-state index contributed by atoms with van der Waals surface area (Å²) < 4.78 is 27.9. The quantitative estimate of drug-likeness (QED) is 0.369. The first-order valence-corrected chi connectivity index (χ1v) is 10.3. The number of benzene rings is 2. The van der Waals surface area contributed by atoms with E-state index in [1.807, 2.05) is 6.92 Å². The Morgan fingerprint density at radius 1 is 1.10 bits per heavy atom. The number of hydrogen-bond acceptors (Lipinski definition) is 7. The Bertz CT molecular complexity index is 1380. The summed E-state index contributed by atoms with van der Waals surface area (Å²) in [6.45, 7) is 3.43. The molecule has 10 nitrogen and oxygen atoms in total. The molecular weight excluding hydrogens is 408 g/mol. The predicted molar refractivity (Wildman–Crippen MR) is 110 cm³/mol. The molecule has 11 heteroatoms. The number of nitro groups is 1. The topological polar surface area (TPSA) is 144 Å². The van der Waals surface area contributed by atoms with E-state index in [2.05, 4.69) is 24.9 Å². The molecule has 0 spiro atoms. The van der Waals surface area contributed by atoms with Crippen molar-refractivity contribution in [2.24, 2.45) is 0 Å². The van der Waals surface area contributed by atoms with Gasteiger partial charge in [-0.05, 0) is 31.5 Å². The van der Waals surface area contributed by atoms with E-state index in [0.717, 1.165) is 17.3 Å². The number of hydrogen-bond donors (Lipinski definition) is 2. The number of sulfonamides is 1. The van der Waals surface area contributed by atoms with Gasteiger partial charge < -0.3 is 0 Å². The molecule has 30 heavy (non-hydrogen) atoms. The maximum atomic E-state index is 12.7. The summed E-state index contributed by atoms with van der Waals surface area (Å²) in [4.78, 5) is 19.0. The molecule has 152 valence electrons. The molecule has 0 aliphatic rings. The van der Waals surface area contributed by atoms with Crippen LogP contribution in [-0.4, -0.2) is 33.5 Å². The normalized spacial score (nSPS) is 11.5. The second kappa shape index (κ2) is 7.19. The van der Waals surface area contributed by atoms with Crippen LogP contribution in [0.15, 0.2) is 53.6 Å². The zero-order chi connectivity index (χ0) is 21.5. The SMILES string of the molecule is Cc1ccc([N+](=O)[O-])cc1S(=O)(=O)Nc1ccc(-c2cnc3c(C)[nH]nc3n2)cc1. The van der Waals surface area contributed by atoms with Gasteiger partial charge in [-0.25, -0.2) is 18.4 Å². The van der Waals surface area contributed by atoms with E-state index >= 15 is 0 Å². The Morgan fingerprint density at radius 2 is 1.83 bits per heavy atom. The molecule has 4 rings (SSSR count). The summed E-state index contributed by atoms with van der Waals surface area (Å²) >= 11 is 0. The molecule has 4 aromatic rings. The second-order valence-corrected chi connectivity index (χ2v) is 8.32. The molecule has 0 saturated carbocycles. The summed E-state index contributed by atoms with van der Waals surface area (Å²) in [6, 6.07) is 10.3. The highest BCUT2D eigenvalue weighted by atomic mass is 32.2. The minimum absolute atomic E-state index is 0.147. The van der Waals surface area contributed by atoms with Crippen LogP contribution in [0.1, 0.15) is 11.3 Å². The minimum Gasteiger partial charge on any atom is -0.280 e. The van der Waals surface area contributed by atoms with E-state index in [0.29, 0.717) is 28.1 Å². The van der Waals surface area contributed by atoms with Crippen molar-refractivity contribution < 1.29 is 13.3 Å². The minimum atomic E-state index is -4.00. The lowest BCUT2D eigenvalue weighted by Crippen LogP contribution is -2.14. The number of fused-ring (bicyclic) bond motifs is 1. The monoisotopic (exact) mass is 424 g/mol. The molecule has 0 saturated heterocycles. The molecule has 0 fully saturated rings. The van der Waals surface area contributed by atoms with Crippen molar-refractivity contribution in [3.63, 3.8) is 0 Å². The zero-order valence-corrected chi connectivity index (χ0v) is 16.8. The van der Waals surface area contributed by atoms with E-state index in [1.165, 1.54) is 12.1 Å². The molecule has 2 aromatic carbocycles. The van der Waals surface area contributed by atoms with Gasteiger partial charge in [0.1, 0.15) is 5.52 Å². The molecular formula is C19H16N6O4S. The third kappa shape index (κ3) is 3.57. The molecule has 2 N–H and O–H groups in total. The van der Waals surface area contributed by atoms with Gasteiger partial charge in [0.15, 0.2) is 5.65 Å². The van der Waals surface area contributed by atoms with Crippen LogP contribution in [0.3, 0.4) is 0 Å². The molecule has 0 aliphatic heterocycles. The van der Waals surface area contributed by atoms with Gasteiger partial charge in [0.2, 0.25) is 0 Å². The van der Waals surface area contributed by atoms with Gasteiger partial charge in [0, 0.05) is 23.4 Å². The summed E-state index contributed by atoms with van der Waals surface area (Å²) in [7, 11) is -4.00. The lowest BCUT2D eigenvalue weighted by atomic mass is 10.1. The molecule has 2 aromatic heterocycles. The molecule has 0 atom stereocenters. The Hall–Kier alpha value is -3.86. The van der Waals surface area contributed by atoms with Crippen molar-refractivity contribution in [3.05, 3.63) is 70.0 Å². The van der Waals surface area contributed by atoms with Crippen molar-refractivity contribution in [1.29, 1.82) is 0 Å². The Labute approximate surface area is 171 Å². The smallest absolute Gasteiger partial charge is 0.270 e. The van der Waals surface area contributed by atoms with Gasteiger partial charge in [-0.2, -0.15) is 5.10 Å². The lowest BCUT2D eigenvalue weighted by Gasteiger charge is -2.11. The van der Waals surface area contributed by atoms with Crippen LogP contribution in [0.4, 0.5) is 11.4 Å². The van der Waals surface area contributed by atoms with E-state index in [9.17, 15) is 18.5 Å². The molecule has 0 aliphatic carbocycles. The molecule has 0 unspecified atom stereocenters. The van der Waals surface area contributed by atoms with Gasteiger partial charge in [-0.15, -0.1) is 0 Å². The average molecular weight is 424 g/mol. The number of aryl methyl sites for hydroxylation is 2. The maximum Gasteiger partial charge on any atom is 0.270 e. The zero-order valence-electron chi connectivity index (χ0n) is 15.9. The van der Waals surface area contributed by atoms with E-state index < -0.39 is 14.9 Å². The van der Waals surface area contributed by atoms with Gasteiger partial charge in [-0.3, -0.25) is 19.9 Å². The van der Waals surface area contributed by atoms with E-state index in [4.69, 9.17) is 0 Å². The Kier molecular flexibility index (Phi) is 4.66. The van der Waals surface area contributed by atoms with Crippen LogP contribution in [0, 0.1) is 24.0 Å². The van der Waals surface area contributed by atoms with Crippen LogP contribution < -0.4 is 4.72 Å². The third-order valence-electron chi connectivity index (χ3n) is 4.54. The Balaban J connectivity index is 1.61. The number of non-ortho nitro benzene ring substituents is 1. The number of nitrogens with one attached hydrogen (secondary N) is 2. The highest BCUT2D eigenvalue weighted by Gasteiger charge is 2.20. The highest BCUT2D eigenvalue weighted by molar-refractivity contribution is 7.92. The van der Waals surface area contributed by atoms with E-state index in [1.54, 1.807) is 37.4 Å². The summed E-state index contributed by atoms with van der Waals surface area (Å²) in [5.74, 6) is 0. The average Bonchev–Trinajstić information content (AvgIpc) is 3.08. The standard InChI is InChI=1S/C19H16N6O4S/c1-11-3-8-15(25(26)27)9-17(11)30(28,29)24-14-6-4-13(5-7-14)16-10-20-18-12(2)22-23-19(18)21-16/h3-10,24H,1-2H3,(H,21,22,23). The van der Waals surface area contributed by atoms with Crippen LogP contribution in [0.2, 0.25) is 0 Å². The largest absolute Gasteiger partial charge is 0.280 e. The van der Waals surface area contributed by atoms with Crippen molar-refractivity contribution in [2.75, 3.05) is 4.72 Å². The second-order valence-electron chi connectivity index (χ2n) is 6.67. The van der Waals surface area contributed by atoms with Crippen LogP contribution in [-0.2, 0) is 10.0 Å². The van der Waals surface area contributed by atoms with Crippen molar-refractivity contribution in [1.82, 2.24) is 20.2 Å². The number of nitro benzene ring substituents is 1. The summed E-state index contributed by atoms with van der Waals surface area (Å²) in [5, 5.41) is 17.9. The van der Waals surface area contributed by atoms with Gasteiger partial charge >= 0.3 is 0 Å². The number of anilines is 1. The first kappa shape index (κ1) is 19.5. The van der Waals surface area contributed by atoms with Crippen molar-refractivity contribution in [3.8, 4) is 11.3 Å². The molecule has 0 amide bonds. The molecule has 0 radical (unpaired) electrons. The molecule has 2 heterocycles. The first-order chi connectivity index (χ1) is 14.2. The van der Waals surface area contributed by atoms with E-state index in [-0.39, 0.29) is 10.6 Å². The first-order valence-electron chi connectivity index (χ1n) is 8.80. The maximum absolute atomic E-state index is 12.7. The lowest BCUT2D eigenvalue weighted by molar-refractivity contribution is -0.385. The number of nitrogens with zero attached hydrogens (tertiary/aromatic N) is 4. The highest BCUT2D eigenvalue weighted by Crippen LogP contribution is 2.26. The van der Waals surface area contributed by atoms with Crippen molar-refractivity contribution in [2.45, 2.75) is 18.7 Å². The van der Waals surface area contributed by atoms with Crippen LogP contribution in [0.5, 0.6) is 0 Å². The van der Waals surface area contributed by atoms with Crippen LogP contribution >= 0.6 is 0 Å². The van der Waals surface area contributed by atoms with Gasteiger partial charge in [0.25, 0.3) is 15.7 Å². The van der Waals surface area contributed by atoms with Gasteiger partial charge in [0.05, 0.1) is 27.4 Å². The summed E-state index contributed by atoms with van der Waals surface area (Å²) in [5.41, 5.74) is 3.77. The third-order valence-corrected chi connectivity index (χ3v) is 6.07. The fraction of sp³-hybridized carbons (Fsp3) is 0.105. The van der Waals surface area contributed by atoms with Crippen LogP contribution in [0.25, 0.3) is 22.4 Å². The van der Waals surface area contributed by atoms with Gasteiger partial charge in [-0.1, -0.05) is 18.2 Å². The number of H-pyrrole nitrogens is 1.